The van der Waals surface area contributed by atoms with Gasteiger partial charge in [-0.25, -0.2) is 4.98 Å². The first-order valence-corrected chi connectivity index (χ1v) is 8.04. The van der Waals surface area contributed by atoms with E-state index in [0.717, 1.165) is 19.5 Å². The van der Waals surface area contributed by atoms with Crippen LogP contribution < -0.4 is 0 Å². The number of benzene rings is 1. The van der Waals surface area contributed by atoms with Crippen LogP contribution in [0.3, 0.4) is 0 Å². The topological polar surface area (TPSA) is 33.2 Å². The van der Waals surface area contributed by atoms with Crippen LogP contribution in [0.4, 0.5) is 0 Å². The molecule has 0 unspecified atom stereocenters. The second kappa shape index (κ2) is 6.15. The van der Waals surface area contributed by atoms with E-state index in [4.69, 9.17) is 0 Å². The van der Waals surface area contributed by atoms with Gasteiger partial charge in [0.2, 0.25) is 0 Å². The molecule has 0 saturated carbocycles. The lowest BCUT2D eigenvalue weighted by atomic mass is 10.2. The fraction of sp³-hybridized carbons (Fsp3) is 0.231. The molecule has 0 aliphatic carbocycles. The van der Waals surface area contributed by atoms with Gasteiger partial charge in [-0.2, -0.15) is 0 Å². The summed E-state index contributed by atoms with van der Waals surface area (Å²) in [7, 11) is 1.80. The maximum absolute atomic E-state index is 12.4. The van der Waals surface area contributed by atoms with Gasteiger partial charge in [-0.1, -0.05) is 31.9 Å². The molecule has 1 aromatic heterocycles. The van der Waals surface area contributed by atoms with Gasteiger partial charge in [0.05, 0.1) is 17.7 Å². The molecule has 3 nitrogen and oxygen atoms in total. The zero-order valence-electron chi connectivity index (χ0n) is 10.5. The van der Waals surface area contributed by atoms with Crippen LogP contribution in [0.2, 0.25) is 0 Å². The van der Waals surface area contributed by atoms with E-state index in [2.05, 4.69) is 36.8 Å². The summed E-state index contributed by atoms with van der Waals surface area (Å²) >= 11 is 8.36. The molecule has 2 aromatic rings. The van der Waals surface area contributed by atoms with Crippen LogP contribution >= 0.6 is 43.2 Å². The molecule has 0 aliphatic heterocycles. The highest BCUT2D eigenvalue weighted by Crippen LogP contribution is 2.22. The van der Waals surface area contributed by atoms with Gasteiger partial charge >= 0.3 is 0 Å². The van der Waals surface area contributed by atoms with Crippen molar-refractivity contribution >= 4 is 49.1 Å². The molecule has 6 heteroatoms. The van der Waals surface area contributed by atoms with E-state index >= 15 is 0 Å². The molecule has 100 valence electrons. The van der Waals surface area contributed by atoms with Crippen molar-refractivity contribution in [2.24, 2.45) is 0 Å². The van der Waals surface area contributed by atoms with Gasteiger partial charge in [0.1, 0.15) is 0 Å². The van der Waals surface area contributed by atoms with Gasteiger partial charge in [-0.05, 0) is 25.1 Å². The summed E-state index contributed by atoms with van der Waals surface area (Å²) in [5, 5.41) is 0. The van der Waals surface area contributed by atoms with Crippen LogP contribution in [0.25, 0.3) is 0 Å². The predicted molar refractivity (Wildman–Crippen MR) is 84.5 cm³/mol. The molecule has 2 rings (SSSR count). The van der Waals surface area contributed by atoms with Crippen molar-refractivity contribution in [3.8, 4) is 0 Å². The number of aromatic nitrogens is 1. The molecular weight excluding hydrogens is 392 g/mol. The summed E-state index contributed by atoms with van der Waals surface area (Å²) in [6.45, 7) is 2.54. The molecule has 0 radical (unpaired) electrons. The number of nitrogens with zero attached hydrogens (tertiary/aromatic N) is 2. The largest absolute Gasteiger partial charge is 0.336 e. The van der Waals surface area contributed by atoms with Crippen LogP contribution in [0.5, 0.6) is 0 Å². The average Bonchev–Trinajstić information content (AvgIpc) is 2.72. The summed E-state index contributed by atoms with van der Waals surface area (Å²) in [6, 6.07) is 5.55. The third-order valence-electron chi connectivity index (χ3n) is 2.68. The number of rotatable bonds is 3. The van der Waals surface area contributed by atoms with Crippen molar-refractivity contribution in [2.75, 3.05) is 7.05 Å². The molecule has 1 aromatic carbocycles. The van der Waals surface area contributed by atoms with Crippen molar-refractivity contribution in [2.45, 2.75) is 13.5 Å². The first kappa shape index (κ1) is 14.7. The summed E-state index contributed by atoms with van der Waals surface area (Å²) in [5.41, 5.74) is 3.45. The summed E-state index contributed by atoms with van der Waals surface area (Å²) in [6.07, 6.45) is 0. The number of carbonyl (C=O) groups is 1. The average molecular weight is 404 g/mol. The molecule has 0 bridgehead atoms. The molecule has 0 atom stereocenters. The van der Waals surface area contributed by atoms with E-state index in [1.807, 2.05) is 25.1 Å². The minimum Gasteiger partial charge on any atom is -0.336 e. The molecule has 0 aliphatic rings. The number of hydrogen-bond donors (Lipinski definition) is 0. The Morgan fingerprint density at radius 2 is 1.95 bits per heavy atom. The Morgan fingerprint density at radius 1 is 1.32 bits per heavy atom. The highest BCUT2D eigenvalue weighted by Gasteiger charge is 2.15. The number of amides is 1. The molecule has 1 amide bonds. The minimum atomic E-state index is -0.00481. The van der Waals surface area contributed by atoms with Crippen molar-refractivity contribution < 1.29 is 4.79 Å². The van der Waals surface area contributed by atoms with Gasteiger partial charge in [0, 0.05) is 26.4 Å². The minimum absolute atomic E-state index is 0.00481. The highest BCUT2D eigenvalue weighted by atomic mass is 79.9. The number of hydrogen-bond acceptors (Lipinski definition) is 3. The van der Waals surface area contributed by atoms with Gasteiger partial charge in [-0.3, -0.25) is 4.79 Å². The summed E-state index contributed by atoms with van der Waals surface area (Å²) < 4.78 is 1.76. The Labute approximate surface area is 132 Å². The first-order chi connectivity index (χ1) is 8.97. The Hall–Kier alpha value is -0.720. The Kier molecular flexibility index (Phi) is 4.76. The number of thiazole rings is 1. The van der Waals surface area contributed by atoms with Gasteiger partial charge in [0.15, 0.2) is 0 Å². The Bertz CT molecular complexity index is 592. The second-order valence-electron chi connectivity index (χ2n) is 4.18. The standard InChI is InChI=1S/C13H12Br2N2OS/c1-8-12(19-7-16-8)6-17(2)13(18)9-3-10(14)5-11(15)4-9/h3-5,7H,6H2,1-2H3. The highest BCUT2D eigenvalue weighted by molar-refractivity contribution is 9.11. The van der Waals surface area contributed by atoms with Gasteiger partial charge in [-0.15, -0.1) is 11.3 Å². The van der Waals surface area contributed by atoms with E-state index in [0.29, 0.717) is 12.1 Å². The van der Waals surface area contributed by atoms with Crippen LogP contribution in [0.15, 0.2) is 32.7 Å². The quantitative estimate of drug-likeness (QED) is 0.767. The maximum atomic E-state index is 12.4. The predicted octanol–water partition coefficient (Wildman–Crippen LogP) is 4.25. The van der Waals surface area contributed by atoms with Gasteiger partial charge in [0.25, 0.3) is 5.91 Å². The van der Waals surface area contributed by atoms with Gasteiger partial charge < -0.3 is 4.90 Å². The zero-order valence-corrected chi connectivity index (χ0v) is 14.5. The summed E-state index contributed by atoms with van der Waals surface area (Å²) in [5.74, 6) is -0.00481. The van der Waals surface area contributed by atoms with Crippen molar-refractivity contribution in [3.63, 3.8) is 0 Å². The van der Waals surface area contributed by atoms with Crippen LogP contribution in [0.1, 0.15) is 20.9 Å². The molecule has 19 heavy (non-hydrogen) atoms. The zero-order chi connectivity index (χ0) is 14.0. The fourth-order valence-corrected chi connectivity index (χ4v) is 3.79. The third-order valence-corrected chi connectivity index (χ3v) is 4.52. The lowest BCUT2D eigenvalue weighted by molar-refractivity contribution is 0.0786. The number of halogens is 2. The van der Waals surface area contributed by atoms with Crippen LogP contribution in [-0.4, -0.2) is 22.8 Å². The lowest BCUT2D eigenvalue weighted by Gasteiger charge is -2.17. The van der Waals surface area contributed by atoms with Crippen molar-refractivity contribution in [3.05, 3.63) is 48.8 Å². The third kappa shape index (κ3) is 3.64. The first-order valence-electron chi connectivity index (χ1n) is 5.58. The summed E-state index contributed by atoms with van der Waals surface area (Å²) in [4.78, 5) is 19.4. The SMILES string of the molecule is Cc1ncsc1CN(C)C(=O)c1cc(Br)cc(Br)c1. The molecule has 0 N–H and O–H groups in total. The van der Waals surface area contributed by atoms with E-state index in [1.54, 1.807) is 28.8 Å². The van der Waals surface area contributed by atoms with E-state index in [9.17, 15) is 4.79 Å². The van der Waals surface area contributed by atoms with Crippen LogP contribution in [-0.2, 0) is 6.54 Å². The van der Waals surface area contributed by atoms with Crippen molar-refractivity contribution in [1.82, 2.24) is 9.88 Å². The van der Waals surface area contributed by atoms with E-state index < -0.39 is 0 Å². The van der Waals surface area contributed by atoms with Crippen LogP contribution in [0, 0.1) is 6.92 Å². The van der Waals surface area contributed by atoms with Crippen molar-refractivity contribution in [1.29, 1.82) is 0 Å². The molecule has 1 heterocycles. The molecular formula is C13H12Br2N2OS. The normalized spacial score (nSPS) is 10.5. The molecule has 0 saturated heterocycles. The second-order valence-corrected chi connectivity index (χ2v) is 6.95. The smallest absolute Gasteiger partial charge is 0.254 e. The Morgan fingerprint density at radius 3 is 2.47 bits per heavy atom. The fourth-order valence-electron chi connectivity index (χ4n) is 1.66. The Balaban J connectivity index is 2.17. The lowest BCUT2D eigenvalue weighted by Crippen LogP contribution is -2.26. The van der Waals surface area contributed by atoms with E-state index in [1.165, 1.54) is 0 Å². The maximum Gasteiger partial charge on any atom is 0.254 e. The molecule has 0 spiro atoms. The monoisotopic (exact) mass is 402 g/mol. The van der Waals surface area contributed by atoms with E-state index in [-0.39, 0.29) is 5.91 Å². The number of carbonyl (C=O) groups excluding carboxylic acids is 1. The molecule has 0 fully saturated rings. The number of aryl methyl sites for hydroxylation is 1.